The van der Waals surface area contributed by atoms with Crippen LogP contribution in [0.1, 0.15) is 56.1 Å². The second-order valence-corrected chi connectivity index (χ2v) is 13.0. The molecule has 0 unspecified atom stereocenters. The molecule has 10 heteroatoms. The van der Waals surface area contributed by atoms with Crippen LogP contribution in [0.3, 0.4) is 0 Å². The molecule has 230 valence electrons. The van der Waals surface area contributed by atoms with Crippen molar-refractivity contribution in [3.63, 3.8) is 0 Å². The second-order valence-electron chi connectivity index (χ2n) is 11.1. The van der Waals surface area contributed by atoms with Crippen LogP contribution in [0.2, 0.25) is 0 Å². The van der Waals surface area contributed by atoms with Crippen molar-refractivity contribution in [3.8, 4) is 0 Å². The molecule has 4 rings (SSSR count). The monoisotopic (exact) mass is 611 g/mol. The summed E-state index contributed by atoms with van der Waals surface area (Å²) < 4.78 is 54.2. The number of nitrogens with one attached hydrogen (secondary N) is 1. The van der Waals surface area contributed by atoms with Gasteiger partial charge in [0.05, 0.1) is 11.9 Å². The van der Waals surface area contributed by atoms with Gasteiger partial charge in [0.2, 0.25) is 21.8 Å². The SMILES string of the molecule is CS(=O)(=O)N(CCCC(=O)N(Cc1ccc(F)cc1)[C@H](Cc1ccccc1)C(=O)NC1CCCCC1)c1ccccc1F. The highest BCUT2D eigenvalue weighted by molar-refractivity contribution is 7.92. The van der Waals surface area contributed by atoms with Crippen LogP contribution in [0, 0.1) is 11.6 Å². The van der Waals surface area contributed by atoms with Gasteiger partial charge in [0.1, 0.15) is 17.7 Å². The van der Waals surface area contributed by atoms with Crippen molar-refractivity contribution in [2.75, 3.05) is 17.1 Å². The van der Waals surface area contributed by atoms with E-state index >= 15 is 0 Å². The Kier molecular flexibility index (Phi) is 11.3. The summed E-state index contributed by atoms with van der Waals surface area (Å²) >= 11 is 0. The molecule has 1 N–H and O–H groups in total. The van der Waals surface area contributed by atoms with Crippen LogP contribution in [-0.4, -0.2) is 50.0 Å². The average Bonchev–Trinajstić information content (AvgIpc) is 2.99. The zero-order chi connectivity index (χ0) is 30.8. The Hall–Kier alpha value is -3.79. The molecule has 1 fully saturated rings. The first-order chi connectivity index (χ1) is 20.6. The zero-order valence-corrected chi connectivity index (χ0v) is 25.2. The van der Waals surface area contributed by atoms with E-state index in [1.165, 1.54) is 35.2 Å². The van der Waals surface area contributed by atoms with E-state index in [2.05, 4.69) is 5.32 Å². The predicted octanol–water partition coefficient (Wildman–Crippen LogP) is 5.60. The fourth-order valence-corrected chi connectivity index (χ4v) is 6.49. The number of nitrogens with zero attached hydrogens (tertiary/aromatic N) is 2. The van der Waals surface area contributed by atoms with E-state index in [-0.39, 0.29) is 55.9 Å². The Bertz CT molecular complexity index is 1460. The molecule has 1 aliphatic rings. The Morgan fingerprint density at radius 1 is 0.884 bits per heavy atom. The molecule has 3 aromatic carbocycles. The van der Waals surface area contributed by atoms with Crippen LogP contribution in [0.5, 0.6) is 0 Å². The number of halogens is 2. The highest BCUT2D eigenvalue weighted by Crippen LogP contribution is 2.23. The molecule has 0 saturated heterocycles. The molecule has 7 nitrogen and oxygen atoms in total. The molecule has 0 radical (unpaired) electrons. The quantitative estimate of drug-likeness (QED) is 0.273. The molecule has 1 aliphatic carbocycles. The van der Waals surface area contributed by atoms with Crippen molar-refractivity contribution >= 4 is 27.5 Å². The lowest BCUT2D eigenvalue weighted by molar-refractivity contribution is -0.141. The number of sulfonamides is 1. The van der Waals surface area contributed by atoms with Gasteiger partial charge in [0.15, 0.2) is 0 Å². The normalized spacial score (nSPS) is 14.6. The van der Waals surface area contributed by atoms with Crippen molar-refractivity contribution in [1.29, 1.82) is 0 Å². The lowest BCUT2D eigenvalue weighted by Crippen LogP contribution is -2.53. The van der Waals surface area contributed by atoms with Gasteiger partial charge < -0.3 is 10.2 Å². The van der Waals surface area contributed by atoms with Crippen LogP contribution in [0.4, 0.5) is 14.5 Å². The van der Waals surface area contributed by atoms with E-state index < -0.39 is 27.7 Å². The van der Waals surface area contributed by atoms with Crippen LogP contribution in [0.15, 0.2) is 78.9 Å². The number of hydrogen-bond donors (Lipinski definition) is 1. The van der Waals surface area contributed by atoms with Gasteiger partial charge >= 0.3 is 0 Å². The maximum absolute atomic E-state index is 14.5. The third-order valence-electron chi connectivity index (χ3n) is 7.76. The second kappa shape index (κ2) is 15.1. The Balaban J connectivity index is 1.59. The van der Waals surface area contributed by atoms with Crippen LogP contribution in [0.25, 0.3) is 0 Å². The number of para-hydroxylation sites is 1. The van der Waals surface area contributed by atoms with Crippen molar-refractivity contribution < 1.29 is 26.8 Å². The molecule has 1 saturated carbocycles. The lowest BCUT2D eigenvalue weighted by Gasteiger charge is -2.34. The summed E-state index contributed by atoms with van der Waals surface area (Å²) in [6, 6.07) is 20.0. The minimum Gasteiger partial charge on any atom is -0.352 e. The van der Waals surface area contributed by atoms with E-state index in [1.807, 2.05) is 30.3 Å². The number of anilines is 1. The molecular formula is C33H39F2N3O4S. The number of rotatable bonds is 13. The average molecular weight is 612 g/mol. The maximum Gasteiger partial charge on any atom is 0.243 e. The fraction of sp³-hybridized carbons (Fsp3) is 0.394. The molecule has 0 bridgehead atoms. The Morgan fingerprint density at radius 2 is 1.53 bits per heavy atom. The number of hydrogen-bond acceptors (Lipinski definition) is 4. The topological polar surface area (TPSA) is 86.8 Å². The molecule has 0 aromatic heterocycles. The minimum atomic E-state index is -3.83. The third-order valence-corrected chi connectivity index (χ3v) is 8.94. The Labute approximate surface area is 252 Å². The minimum absolute atomic E-state index is 0.0337. The first kappa shape index (κ1) is 32.1. The van der Waals surface area contributed by atoms with Crippen LogP contribution >= 0.6 is 0 Å². The van der Waals surface area contributed by atoms with Gasteiger partial charge in [0, 0.05) is 32.0 Å². The summed E-state index contributed by atoms with van der Waals surface area (Å²) in [4.78, 5) is 29.3. The van der Waals surface area contributed by atoms with Crippen molar-refractivity contribution in [3.05, 3.63) is 102 Å². The first-order valence-electron chi connectivity index (χ1n) is 14.7. The lowest BCUT2D eigenvalue weighted by atomic mass is 9.94. The smallest absolute Gasteiger partial charge is 0.243 e. The van der Waals surface area contributed by atoms with Gasteiger partial charge in [-0.15, -0.1) is 0 Å². The summed E-state index contributed by atoms with van der Waals surface area (Å²) in [7, 11) is -3.83. The fourth-order valence-electron chi connectivity index (χ4n) is 5.52. The van der Waals surface area contributed by atoms with Crippen molar-refractivity contribution in [1.82, 2.24) is 10.2 Å². The third kappa shape index (κ3) is 9.35. The van der Waals surface area contributed by atoms with Gasteiger partial charge in [-0.3, -0.25) is 13.9 Å². The predicted molar refractivity (Wildman–Crippen MR) is 164 cm³/mol. The largest absolute Gasteiger partial charge is 0.352 e. The van der Waals surface area contributed by atoms with Gasteiger partial charge in [-0.2, -0.15) is 0 Å². The summed E-state index contributed by atoms with van der Waals surface area (Å²) in [6.45, 7) is -0.0503. The number of carbonyl (C=O) groups is 2. The van der Waals surface area contributed by atoms with E-state index in [9.17, 15) is 26.8 Å². The van der Waals surface area contributed by atoms with E-state index in [4.69, 9.17) is 0 Å². The van der Waals surface area contributed by atoms with E-state index in [1.54, 1.807) is 18.2 Å². The molecule has 0 heterocycles. The molecule has 0 spiro atoms. The highest BCUT2D eigenvalue weighted by Gasteiger charge is 2.32. The Morgan fingerprint density at radius 3 is 2.19 bits per heavy atom. The van der Waals surface area contributed by atoms with Crippen molar-refractivity contribution in [2.24, 2.45) is 0 Å². The molecular weight excluding hydrogens is 572 g/mol. The van der Waals surface area contributed by atoms with Gasteiger partial charge in [-0.05, 0) is 54.7 Å². The molecule has 2 amide bonds. The summed E-state index contributed by atoms with van der Waals surface area (Å²) in [6.07, 6.45) is 6.25. The van der Waals surface area contributed by atoms with E-state index in [0.717, 1.165) is 48.2 Å². The summed E-state index contributed by atoms with van der Waals surface area (Å²) in [5.74, 6) is -1.70. The number of amides is 2. The van der Waals surface area contributed by atoms with Gasteiger partial charge in [-0.1, -0.05) is 73.9 Å². The summed E-state index contributed by atoms with van der Waals surface area (Å²) in [5.41, 5.74) is 1.45. The van der Waals surface area contributed by atoms with Crippen LogP contribution in [-0.2, 0) is 32.6 Å². The van der Waals surface area contributed by atoms with Gasteiger partial charge in [0.25, 0.3) is 0 Å². The van der Waals surface area contributed by atoms with Crippen molar-refractivity contribution in [2.45, 2.75) is 70.0 Å². The standard InChI is InChI=1S/C33H39F2N3O4S/c1-43(41,42)38(30-16-9-8-15-29(30)35)22-10-17-32(39)37(24-26-18-20-27(34)21-19-26)31(23-25-11-4-2-5-12-25)33(40)36-28-13-6-3-7-14-28/h2,4-5,8-9,11-12,15-16,18-21,28,31H,3,6-7,10,13-14,17,22-24H2,1H3,(H,36,40)/t31-/m1/s1. The number of benzene rings is 3. The zero-order valence-electron chi connectivity index (χ0n) is 24.4. The van der Waals surface area contributed by atoms with Crippen LogP contribution < -0.4 is 9.62 Å². The highest BCUT2D eigenvalue weighted by atomic mass is 32.2. The molecule has 0 aliphatic heterocycles. The molecule has 43 heavy (non-hydrogen) atoms. The molecule has 1 atom stereocenters. The number of carbonyl (C=O) groups excluding carboxylic acids is 2. The molecule has 3 aromatic rings. The maximum atomic E-state index is 14.5. The van der Waals surface area contributed by atoms with Gasteiger partial charge in [-0.25, -0.2) is 17.2 Å². The van der Waals surface area contributed by atoms with E-state index in [0.29, 0.717) is 5.56 Å². The first-order valence-corrected chi connectivity index (χ1v) is 16.6. The summed E-state index contributed by atoms with van der Waals surface area (Å²) in [5, 5.41) is 3.17.